The Morgan fingerprint density at radius 3 is 2.62 bits per heavy atom. The molecule has 0 spiro atoms. The molecule has 2 aromatic rings. The van der Waals surface area contributed by atoms with Gasteiger partial charge in [0.25, 0.3) is 5.69 Å². The van der Waals surface area contributed by atoms with Gasteiger partial charge in [0.15, 0.2) is 0 Å². The zero-order valence-corrected chi connectivity index (χ0v) is 12.6. The van der Waals surface area contributed by atoms with E-state index in [0.29, 0.717) is 11.5 Å². The first-order valence-corrected chi connectivity index (χ1v) is 7.01. The van der Waals surface area contributed by atoms with Gasteiger partial charge >= 0.3 is 0 Å². The van der Waals surface area contributed by atoms with E-state index in [-0.39, 0.29) is 17.3 Å². The molecular weight excluding hydrogens is 290 g/mol. The van der Waals surface area contributed by atoms with Crippen molar-refractivity contribution in [2.75, 3.05) is 0 Å². The third kappa shape index (κ3) is 3.73. The highest BCUT2D eigenvalue weighted by atomic mass is 35.5. The normalized spacial score (nSPS) is 10.7. The van der Waals surface area contributed by atoms with Crippen molar-refractivity contribution in [3.05, 3.63) is 68.7 Å². The maximum absolute atomic E-state index is 10.9. The number of benzene rings is 2. The molecule has 0 bridgehead atoms. The summed E-state index contributed by atoms with van der Waals surface area (Å²) in [6, 6.07) is 12.5. The van der Waals surface area contributed by atoms with Crippen molar-refractivity contribution >= 4 is 17.3 Å². The lowest BCUT2D eigenvalue weighted by Gasteiger charge is -2.13. The summed E-state index contributed by atoms with van der Waals surface area (Å²) in [6.45, 7) is 4.45. The number of halogens is 1. The number of nitro benzene ring substituents is 1. The lowest BCUT2D eigenvalue weighted by Crippen LogP contribution is -2.00. The first kappa shape index (κ1) is 15.3. The van der Waals surface area contributed by atoms with Gasteiger partial charge < -0.3 is 4.74 Å². The fourth-order valence-corrected chi connectivity index (χ4v) is 2.22. The standard InChI is InChI=1S/C16H16ClNO3/c1-11(2)13-5-3-4-6-16(13)21-10-12-7-8-14(17)15(9-12)18(19)20/h3-9,11H,10H2,1-2H3. The Balaban J connectivity index is 2.17. The van der Waals surface area contributed by atoms with Crippen molar-refractivity contribution in [2.24, 2.45) is 0 Å². The van der Waals surface area contributed by atoms with Gasteiger partial charge in [0.05, 0.1) is 4.92 Å². The minimum absolute atomic E-state index is 0.102. The number of para-hydroxylation sites is 1. The van der Waals surface area contributed by atoms with Gasteiger partial charge in [-0.25, -0.2) is 0 Å². The monoisotopic (exact) mass is 305 g/mol. The second-order valence-corrected chi connectivity index (χ2v) is 5.43. The zero-order chi connectivity index (χ0) is 15.4. The third-order valence-electron chi connectivity index (χ3n) is 3.14. The maximum Gasteiger partial charge on any atom is 0.288 e. The van der Waals surface area contributed by atoms with Crippen LogP contribution in [0.1, 0.15) is 30.9 Å². The fraction of sp³-hybridized carbons (Fsp3) is 0.250. The molecule has 5 heteroatoms. The van der Waals surface area contributed by atoms with Gasteiger partial charge in [-0.15, -0.1) is 0 Å². The molecule has 21 heavy (non-hydrogen) atoms. The van der Waals surface area contributed by atoms with Crippen molar-refractivity contribution in [3.63, 3.8) is 0 Å². The summed E-state index contributed by atoms with van der Waals surface area (Å²) in [5, 5.41) is 11.0. The summed E-state index contributed by atoms with van der Waals surface area (Å²) >= 11 is 5.79. The summed E-state index contributed by atoms with van der Waals surface area (Å²) in [5.74, 6) is 1.14. The zero-order valence-electron chi connectivity index (χ0n) is 11.9. The van der Waals surface area contributed by atoms with Gasteiger partial charge in [-0.3, -0.25) is 10.1 Å². The van der Waals surface area contributed by atoms with Crippen LogP contribution >= 0.6 is 11.6 Å². The summed E-state index contributed by atoms with van der Waals surface area (Å²) in [7, 11) is 0. The first-order chi connectivity index (χ1) is 9.99. The number of nitrogens with zero attached hydrogens (tertiary/aromatic N) is 1. The van der Waals surface area contributed by atoms with Crippen LogP contribution in [0.25, 0.3) is 0 Å². The molecule has 0 aromatic heterocycles. The lowest BCUT2D eigenvalue weighted by atomic mass is 10.0. The minimum Gasteiger partial charge on any atom is -0.489 e. The van der Waals surface area contributed by atoms with Crippen LogP contribution in [-0.4, -0.2) is 4.92 Å². The second kappa shape index (κ2) is 6.59. The molecule has 0 heterocycles. The van der Waals surface area contributed by atoms with Gasteiger partial charge in [-0.05, 0) is 29.2 Å². The highest BCUT2D eigenvalue weighted by Crippen LogP contribution is 2.28. The summed E-state index contributed by atoms with van der Waals surface area (Å²) in [4.78, 5) is 10.4. The largest absolute Gasteiger partial charge is 0.489 e. The smallest absolute Gasteiger partial charge is 0.288 e. The van der Waals surface area contributed by atoms with Gasteiger partial charge in [0.2, 0.25) is 0 Å². The Morgan fingerprint density at radius 1 is 1.24 bits per heavy atom. The molecule has 0 saturated heterocycles. The van der Waals surface area contributed by atoms with Crippen LogP contribution in [0.2, 0.25) is 5.02 Å². The molecule has 0 amide bonds. The van der Waals surface area contributed by atoms with E-state index in [4.69, 9.17) is 16.3 Å². The Labute approximate surface area is 128 Å². The Kier molecular flexibility index (Phi) is 4.81. The number of hydrogen-bond donors (Lipinski definition) is 0. The second-order valence-electron chi connectivity index (χ2n) is 5.02. The number of hydrogen-bond acceptors (Lipinski definition) is 3. The summed E-state index contributed by atoms with van der Waals surface area (Å²) < 4.78 is 5.79. The van der Waals surface area contributed by atoms with Crippen molar-refractivity contribution < 1.29 is 9.66 Å². The van der Waals surface area contributed by atoms with E-state index < -0.39 is 4.92 Å². The van der Waals surface area contributed by atoms with Gasteiger partial charge in [0, 0.05) is 6.07 Å². The molecular formula is C16H16ClNO3. The van der Waals surface area contributed by atoms with E-state index in [1.807, 2.05) is 24.3 Å². The van der Waals surface area contributed by atoms with E-state index in [1.165, 1.54) is 12.1 Å². The van der Waals surface area contributed by atoms with Crippen LogP contribution in [0.4, 0.5) is 5.69 Å². The predicted molar refractivity (Wildman–Crippen MR) is 83.0 cm³/mol. The molecule has 0 N–H and O–H groups in total. The van der Waals surface area contributed by atoms with E-state index in [2.05, 4.69) is 13.8 Å². The van der Waals surface area contributed by atoms with E-state index in [9.17, 15) is 10.1 Å². The minimum atomic E-state index is -0.492. The average Bonchev–Trinajstić information content (AvgIpc) is 2.46. The quantitative estimate of drug-likeness (QED) is 0.580. The maximum atomic E-state index is 10.9. The van der Waals surface area contributed by atoms with Gasteiger partial charge in [0.1, 0.15) is 17.4 Å². The van der Waals surface area contributed by atoms with Crippen molar-refractivity contribution in [1.82, 2.24) is 0 Å². The van der Waals surface area contributed by atoms with Crippen LogP contribution in [0.3, 0.4) is 0 Å². The first-order valence-electron chi connectivity index (χ1n) is 6.63. The van der Waals surface area contributed by atoms with Crippen molar-refractivity contribution in [2.45, 2.75) is 26.4 Å². The molecule has 0 atom stereocenters. The van der Waals surface area contributed by atoms with Crippen LogP contribution < -0.4 is 4.74 Å². The number of nitro groups is 1. The van der Waals surface area contributed by atoms with Gasteiger partial charge in [-0.1, -0.05) is 49.7 Å². The third-order valence-corrected chi connectivity index (χ3v) is 3.46. The topological polar surface area (TPSA) is 52.4 Å². The summed E-state index contributed by atoms with van der Waals surface area (Å²) in [6.07, 6.45) is 0. The molecule has 0 aliphatic carbocycles. The predicted octanol–water partition coefficient (Wildman–Crippen LogP) is 4.95. The molecule has 0 aliphatic heterocycles. The van der Waals surface area contributed by atoms with E-state index >= 15 is 0 Å². The molecule has 2 rings (SSSR count). The fourth-order valence-electron chi connectivity index (χ4n) is 2.04. The molecule has 0 aliphatic rings. The van der Waals surface area contributed by atoms with Crippen molar-refractivity contribution in [1.29, 1.82) is 0 Å². The van der Waals surface area contributed by atoms with Gasteiger partial charge in [-0.2, -0.15) is 0 Å². The van der Waals surface area contributed by atoms with Crippen LogP contribution in [0.5, 0.6) is 5.75 Å². The molecule has 4 nitrogen and oxygen atoms in total. The van der Waals surface area contributed by atoms with Crippen LogP contribution in [0.15, 0.2) is 42.5 Å². The molecule has 0 fully saturated rings. The molecule has 0 radical (unpaired) electrons. The Morgan fingerprint density at radius 2 is 1.95 bits per heavy atom. The molecule has 2 aromatic carbocycles. The molecule has 0 saturated carbocycles. The lowest BCUT2D eigenvalue weighted by molar-refractivity contribution is -0.384. The number of rotatable bonds is 5. The summed E-state index contributed by atoms with van der Waals surface area (Å²) in [5.41, 5.74) is 1.72. The Bertz CT molecular complexity index is 656. The van der Waals surface area contributed by atoms with E-state index in [1.54, 1.807) is 6.07 Å². The van der Waals surface area contributed by atoms with E-state index in [0.717, 1.165) is 11.3 Å². The number of ether oxygens (including phenoxy) is 1. The highest BCUT2D eigenvalue weighted by Gasteiger charge is 2.13. The van der Waals surface area contributed by atoms with Crippen LogP contribution in [-0.2, 0) is 6.61 Å². The highest BCUT2D eigenvalue weighted by molar-refractivity contribution is 6.32. The van der Waals surface area contributed by atoms with Crippen LogP contribution in [0, 0.1) is 10.1 Å². The average molecular weight is 306 g/mol. The SMILES string of the molecule is CC(C)c1ccccc1OCc1ccc(Cl)c([N+](=O)[O-])c1. The molecule has 110 valence electrons. The Hall–Kier alpha value is -2.07. The van der Waals surface area contributed by atoms with Crippen molar-refractivity contribution in [3.8, 4) is 5.75 Å². The molecule has 0 unspecified atom stereocenters.